The molecule has 0 radical (unpaired) electrons. The van der Waals surface area contributed by atoms with Gasteiger partial charge in [0.2, 0.25) is 0 Å². The Hall–Kier alpha value is -5.32. The summed E-state index contributed by atoms with van der Waals surface area (Å²) in [5.74, 6) is -2.40. The summed E-state index contributed by atoms with van der Waals surface area (Å²) in [6, 6.07) is 0. The van der Waals surface area contributed by atoms with Crippen molar-refractivity contribution in [2.24, 2.45) is 0 Å². The van der Waals surface area contributed by atoms with Gasteiger partial charge >= 0.3 is 39.5 Å². The first-order valence-corrected chi connectivity index (χ1v) is 40.7. The van der Waals surface area contributed by atoms with Crippen LogP contribution in [0.5, 0.6) is 0 Å². The van der Waals surface area contributed by atoms with E-state index in [4.69, 9.17) is 37.0 Å². The largest absolute Gasteiger partial charge is 0.472 e. The highest BCUT2D eigenvalue weighted by Crippen LogP contribution is 2.45. The van der Waals surface area contributed by atoms with Crippen LogP contribution in [-0.4, -0.2) is 96.7 Å². The maximum atomic E-state index is 13.1. The van der Waals surface area contributed by atoms with E-state index in [1.54, 1.807) is 6.08 Å². The van der Waals surface area contributed by atoms with Crippen molar-refractivity contribution in [2.75, 3.05) is 39.6 Å². The van der Waals surface area contributed by atoms with Crippen LogP contribution in [0.15, 0.2) is 158 Å². The lowest BCUT2D eigenvalue weighted by Gasteiger charge is -2.21. The fourth-order valence-corrected chi connectivity index (χ4v) is 10.8. The number of carbonyl (C=O) groups is 4. The van der Waals surface area contributed by atoms with Gasteiger partial charge in [-0.3, -0.25) is 37.3 Å². The summed E-state index contributed by atoms with van der Waals surface area (Å²) in [5.41, 5.74) is 0. The van der Waals surface area contributed by atoms with Crippen molar-refractivity contribution in [3.05, 3.63) is 158 Å². The first kappa shape index (κ1) is 94.7. The molecule has 0 rings (SSSR count). The third kappa shape index (κ3) is 71.1. The standard InChI is InChI=1S/C81H132O17P2/c1-5-9-13-17-21-25-29-32-35-36-37-38-41-43-47-50-54-58-62-66-79(84)91-71-76(97-80(85)67-63-59-55-51-45-28-24-20-16-12-8-4)73-95-99(87,88)93-69-75(82)70-94-100(89,90)96-74-77(98-81(86)68-64-60-56-52-48-44-40-34-31-27-23-19-15-11-7-3)72-92-78(83)65-61-57-53-49-46-42-39-33-30-26-22-18-14-10-6-2/h9-10,13-14,20-27,32-35,37-40,43,46-47,49,57,61,75-77,82H,5-8,11-12,15-19,28-31,36,41-42,44-45,48,50-56,58-60,62-74H2,1-4H3,(H,87,88)(H,89,90)/b13-9-,14-10-,24-20-,25-21-,26-22-,27-23-,35-32-,38-37-,39-33-,40-34-,47-43-,49-46-,61-57-. The minimum Gasteiger partial charge on any atom is -0.462 e. The molecule has 0 aliphatic carbocycles. The van der Waals surface area contributed by atoms with Crippen LogP contribution in [0.2, 0.25) is 0 Å². The monoisotopic (exact) mass is 1440 g/mol. The lowest BCUT2D eigenvalue weighted by molar-refractivity contribution is -0.161. The van der Waals surface area contributed by atoms with Gasteiger partial charge in [0.1, 0.15) is 19.3 Å². The molecule has 0 saturated carbocycles. The summed E-state index contributed by atoms with van der Waals surface area (Å²) < 4.78 is 68.2. The van der Waals surface area contributed by atoms with E-state index in [1.807, 2.05) is 18.2 Å². The number of unbranched alkanes of at least 4 members (excludes halogenated alkanes) is 18. The number of esters is 4. The van der Waals surface area contributed by atoms with Crippen molar-refractivity contribution in [3.63, 3.8) is 0 Å². The van der Waals surface area contributed by atoms with Gasteiger partial charge in [0.15, 0.2) is 12.2 Å². The Labute approximate surface area is 604 Å². The Kier molecular flexibility index (Phi) is 68.2. The Morgan fingerprint density at radius 3 is 0.940 bits per heavy atom. The number of hydrogen-bond acceptors (Lipinski definition) is 15. The zero-order valence-corrected chi connectivity index (χ0v) is 63.6. The minimum absolute atomic E-state index is 0.0541. The number of hydrogen-bond donors (Lipinski definition) is 3. The minimum atomic E-state index is -5.00. The molecule has 0 fully saturated rings. The molecule has 19 heteroatoms. The SMILES string of the molecule is CC/C=C\C/C=C\C/C=C\C/C=C\C/C=C\CCCCCC(=O)OCC(COP(=O)(O)OCC(O)COP(=O)(O)OCC(COC(=O)C/C=C\C/C=C\C/C=C\C/C=C\C/C=C\CC)OC(=O)CCCCCCC/C=C\C/C=C\CCCCC)OC(=O)CCCCCCC/C=C\CCCC. The van der Waals surface area contributed by atoms with Crippen molar-refractivity contribution < 1.29 is 80.2 Å². The van der Waals surface area contributed by atoms with Crippen molar-refractivity contribution in [1.29, 1.82) is 0 Å². The number of phosphoric acid groups is 2. The van der Waals surface area contributed by atoms with Gasteiger partial charge in [-0.05, 0) is 148 Å². The molecular formula is C81H132O17P2. The van der Waals surface area contributed by atoms with Gasteiger partial charge < -0.3 is 33.8 Å². The molecule has 3 N–H and O–H groups in total. The summed E-state index contributed by atoms with van der Waals surface area (Å²) in [6.07, 6.45) is 82.7. The molecule has 0 aromatic rings. The average molecular weight is 1440 g/mol. The Balaban J connectivity index is 5.44. The van der Waals surface area contributed by atoms with E-state index in [0.29, 0.717) is 25.7 Å². The first-order valence-electron chi connectivity index (χ1n) is 37.7. The molecular weight excluding hydrogens is 1310 g/mol. The van der Waals surface area contributed by atoms with Gasteiger partial charge in [-0.2, -0.15) is 0 Å². The van der Waals surface area contributed by atoms with Crippen LogP contribution < -0.4 is 0 Å². The molecule has 5 unspecified atom stereocenters. The van der Waals surface area contributed by atoms with E-state index in [9.17, 15) is 43.2 Å². The summed E-state index contributed by atoms with van der Waals surface area (Å²) >= 11 is 0. The quantitative estimate of drug-likeness (QED) is 0.0169. The van der Waals surface area contributed by atoms with Gasteiger partial charge in [0.25, 0.3) is 0 Å². The van der Waals surface area contributed by atoms with E-state index in [2.05, 4.69) is 161 Å². The summed E-state index contributed by atoms with van der Waals surface area (Å²) in [6.45, 7) is 4.37. The molecule has 0 heterocycles. The molecule has 0 spiro atoms. The maximum absolute atomic E-state index is 13.1. The van der Waals surface area contributed by atoms with Crippen LogP contribution in [0.3, 0.4) is 0 Å². The zero-order chi connectivity index (χ0) is 73.2. The zero-order valence-electron chi connectivity index (χ0n) is 61.8. The second kappa shape index (κ2) is 72.0. The maximum Gasteiger partial charge on any atom is 0.472 e. The number of rotatable bonds is 69. The highest BCUT2D eigenvalue weighted by molar-refractivity contribution is 7.47. The number of aliphatic hydroxyl groups is 1. The van der Waals surface area contributed by atoms with Gasteiger partial charge in [-0.1, -0.05) is 256 Å². The summed E-state index contributed by atoms with van der Waals surface area (Å²) in [4.78, 5) is 72.7. The first-order chi connectivity index (χ1) is 48.7. The Morgan fingerprint density at radius 2 is 0.570 bits per heavy atom. The van der Waals surface area contributed by atoms with E-state index < -0.39 is 97.5 Å². The number of ether oxygens (including phenoxy) is 4. The summed E-state index contributed by atoms with van der Waals surface area (Å²) in [5, 5.41) is 10.6. The van der Waals surface area contributed by atoms with Gasteiger partial charge in [0, 0.05) is 19.3 Å². The van der Waals surface area contributed by atoms with Gasteiger partial charge in [0.05, 0.1) is 32.8 Å². The van der Waals surface area contributed by atoms with Crippen molar-refractivity contribution in [3.8, 4) is 0 Å². The normalized spacial score (nSPS) is 14.8. The van der Waals surface area contributed by atoms with Crippen LogP contribution >= 0.6 is 15.6 Å². The van der Waals surface area contributed by atoms with Crippen molar-refractivity contribution in [1.82, 2.24) is 0 Å². The molecule has 0 bridgehead atoms. The molecule has 568 valence electrons. The van der Waals surface area contributed by atoms with Crippen molar-refractivity contribution >= 4 is 39.5 Å². The van der Waals surface area contributed by atoms with E-state index in [-0.39, 0.29) is 25.7 Å². The molecule has 100 heavy (non-hydrogen) atoms. The smallest absolute Gasteiger partial charge is 0.462 e. The lowest BCUT2D eigenvalue weighted by atomic mass is 10.1. The van der Waals surface area contributed by atoms with E-state index in [1.165, 1.54) is 32.1 Å². The lowest BCUT2D eigenvalue weighted by Crippen LogP contribution is -2.30. The predicted molar refractivity (Wildman–Crippen MR) is 408 cm³/mol. The third-order valence-electron chi connectivity index (χ3n) is 15.0. The molecule has 5 atom stereocenters. The third-order valence-corrected chi connectivity index (χ3v) is 16.9. The van der Waals surface area contributed by atoms with Gasteiger partial charge in [-0.25, -0.2) is 9.13 Å². The second-order valence-electron chi connectivity index (χ2n) is 24.5. The molecule has 0 saturated heterocycles. The highest BCUT2D eigenvalue weighted by Gasteiger charge is 2.30. The fourth-order valence-electron chi connectivity index (χ4n) is 9.27. The van der Waals surface area contributed by atoms with Gasteiger partial charge in [-0.15, -0.1) is 0 Å². The van der Waals surface area contributed by atoms with Crippen molar-refractivity contribution in [2.45, 2.75) is 290 Å². The van der Waals surface area contributed by atoms with E-state index in [0.717, 1.165) is 161 Å². The molecule has 0 aromatic heterocycles. The topological polar surface area (TPSA) is 237 Å². The Morgan fingerprint density at radius 1 is 0.300 bits per heavy atom. The highest BCUT2D eigenvalue weighted by atomic mass is 31.2. The number of phosphoric ester groups is 2. The van der Waals surface area contributed by atoms with Crippen LogP contribution in [0.1, 0.15) is 272 Å². The number of allylic oxidation sites excluding steroid dienone is 25. The predicted octanol–water partition coefficient (Wildman–Crippen LogP) is 21.7. The molecule has 0 aliphatic heterocycles. The van der Waals surface area contributed by atoms with Crippen LogP contribution in [0.25, 0.3) is 0 Å². The van der Waals surface area contributed by atoms with E-state index >= 15 is 0 Å². The fraction of sp³-hybridized carbons (Fsp3) is 0.630. The van der Waals surface area contributed by atoms with Crippen LogP contribution in [0, 0.1) is 0 Å². The molecule has 17 nitrogen and oxygen atoms in total. The number of carbonyl (C=O) groups excluding carboxylic acids is 4. The molecule has 0 aliphatic rings. The molecule has 0 amide bonds. The van der Waals surface area contributed by atoms with Crippen LogP contribution in [-0.2, 0) is 65.4 Å². The number of aliphatic hydroxyl groups excluding tert-OH is 1. The summed E-state index contributed by atoms with van der Waals surface area (Å²) in [7, 11) is -10.00. The average Bonchev–Trinajstić information content (AvgIpc) is 0.953. The van der Waals surface area contributed by atoms with Crippen LogP contribution in [0.4, 0.5) is 0 Å². The second-order valence-corrected chi connectivity index (χ2v) is 27.4. The molecule has 0 aromatic carbocycles. The Bertz CT molecular complexity index is 2520.